The maximum absolute atomic E-state index is 16.6. The van der Waals surface area contributed by atoms with Gasteiger partial charge in [0, 0.05) is 16.2 Å². The summed E-state index contributed by atoms with van der Waals surface area (Å²) in [6.07, 6.45) is 0. The molecule has 6 aromatic rings. The topological polar surface area (TPSA) is 9.23 Å². The molecule has 0 fully saturated rings. The van der Waals surface area contributed by atoms with E-state index in [2.05, 4.69) is 0 Å². The predicted molar refractivity (Wildman–Crippen MR) is 127 cm³/mol. The van der Waals surface area contributed by atoms with Crippen molar-refractivity contribution in [1.82, 2.24) is 0 Å². The van der Waals surface area contributed by atoms with Crippen molar-refractivity contribution in [3.8, 4) is 11.5 Å². The zero-order valence-electron chi connectivity index (χ0n) is 18.7. The summed E-state index contributed by atoms with van der Waals surface area (Å²) in [5, 5.41) is -6.20. The normalized spacial score (nSPS) is 12.9. The summed E-state index contributed by atoms with van der Waals surface area (Å²) >= 11 is 0. The van der Waals surface area contributed by atoms with E-state index in [4.69, 9.17) is 4.74 Å². The number of ether oxygens (including phenoxy) is 1. The lowest BCUT2D eigenvalue weighted by Gasteiger charge is -2.22. The first-order valence-electron chi connectivity index (χ1n) is 11.3. The highest BCUT2D eigenvalue weighted by Crippen LogP contribution is 2.47. The Morgan fingerprint density at radius 3 is 1.61 bits per heavy atom. The molecule has 0 aliphatic carbocycles. The van der Waals surface area contributed by atoms with Crippen LogP contribution in [0.5, 0.6) is 11.5 Å². The summed E-state index contributed by atoms with van der Waals surface area (Å²) in [5.41, 5.74) is 0.146. The number of hydrogen-bond donors (Lipinski definition) is 0. The second-order valence-corrected chi connectivity index (χ2v) is 8.99. The van der Waals surface area contributed by atoms with Crippen LogP contribution in [0.15, 0.2) is 54.6 Å². The Hall–Kier alpha value is -4.34. The van der Waals surface area contributed by atoms with Gasteiger partial charge >= 0.3 is 0 Å². The number of para-hydroxylation sites is 1. The fourth-order valence-corrected chi connectivity index (χ4v) is 5.60. The lowest BCUT2D eigenvalue weighted by atomic mass is 9.36. The van der Waals surface area contributed by atoms with Crippen LogP contribution >= 0.6 is 0 Å². The summed E-state index contributed by atoms with van der Waals surface area (Å²) < 4.78 is 128. The van der Waals surface area contributed by atoms with Crippen LogP contribution in [0.4, 0.5) is 35.1 Å². The number of hydrogen-bond acceptors (Lipinski definition) is 1. The second-order valence-electron chi connectivity index (χ2n) is 8.99. The number of rotatable bonds is 1. The first-order valence-corrected chi connectivity index (χ1v) is 11.3. The van der Waals surface area contributed by atoms with Crippen LogP contribution < -0.4 is 21.1 Å². The first-order chi connectivity index (χ1) is 18.2. The zero-order chi connectivity index (χ0) is 26.6. The average molecular weight is 524 g/mol. The SMILES string of the molecule is Fc1c(F)c2c(F)c(F)c3c(F)c(F)c4c5c(c(F)c(c1F)c2c35)B(c1ccccc1)c1ccccc1O4. The number of fused-ring (bicyclic) bond motifs is 1. The van der Waals surface area contributed by atoms with E-state index in [1.54, 1.807) is 36.4 Å². The molecular weight excluding hydrogens is 515 g/mol. The van der Waals surface area contributed by atoms with Gasteiger partial charge in [0.25, 0.3) is 6.71 Å². The van der Waals surface area contributed by atoms with Gasteiger partial charge in [-0.25, -0.2) is 30.7 Å². The molecule has 1 aliphatic heterocycles. The Morgan fingerprint density at radius 1 is 0.447 bits per heavy atom. The van der Waals surface area contributed by atoms with Gasteiger partial charge in [-0.05, 0) is 17.0 Å². The fraction of sp³-hybridized carbons (Fsp3) is 0. The smallest absolute Gasteiger partial charge is 0.250 e. The van der Waals surface area contributed by atoms with Gasteiger partial charge in [-0.2, -0.15) is 4.39 Å². The van der Waals surface area contributed by atoms with Crippen LogP contribution in [0.25, 0.3) is 32.3 Å². The molecule has 7 rings (SSSR count). The lowest BCUT2D eigenvalue weighted by Crippen LogP contribution is -2.53. The Balaban J connectivity index is 1.87. The molecule has 0 unspecified atom stereocenters. The lowest BCUT2D eigenvalue weighted by molar-refractivity contribution is 0.424. The van der Waals surface area contributed by atoms with E-state index in [9.17, 15) is 8.78 Å². The standard InChI is InChI=1S/C28H9BF8O/c30-20-16-14-13-15-19(20)29(10-6-2-1-3-7-10)11-8-4-5-9-12(11)38-28(15)27(37)25(35)17(13)21(31)22(32)18(14)24(34)26(36)23(16)33/h1-9H. The first kappa shape index (κ1) is 22.8. The Bertz CT molecular complexity index is 1990. The van der Waals surface area contributed by atoms with Crippen LogP contribution in [0.3, 0.4) is 0 Å². The molecule has 1 nitrogen and oxygen atoms in total. The highest BCUT2D eigenvalue weighted by molar-refractivity contribution is 6.98. The summed E-state index contributed by atoms with van der Waals surface area (Å²) in [7, 11) is 0. The quantitative estimate of drug-likeness (QED) is 0.106. The minimum atomic E-state index is -2.24. The van der Waals surface area contributed by atoms with Crippen LogP contribution in [0.1, 0.15) is 0 Å². The molecule has 0 spiro atoms. The molecule has 0 saturated carbocycles. The molecule has 0 N–H and O–H groups in total. The van der Waals surface area contributed by atoms with E-state index in [0.29, 0.717) is 5.46 Å². The van der Waals surface area contributed by atoms with Crippen molar-refractivity contribution in [3.05, 3.63) is 101 Å². The minimum absolute atomic E-state index is 0.0225. The van der Waals surface area contributed by atoms with Gasteiger partial charge in [0.05, 0.1) is 16.2 Å². The highest BCUT2D eigenvalue weighted by atomic mass is 19.2. The van der Waals surface area contributed by atoms with Crippen molar-refractivity contribution in [2.24, 2.45) is 0 Å². The van der Waals surface area contributed by atoms with E-state index < -0.39 is 96.8 Å². The van der Waals surface area contributed by atoms with E-state index >= 15 is 26.3 Å². The van der Waals surface area contributed by atoms with Crippen molar-refractivity contribution < 1.29 is 39.9 Å². The Kier molecular flexibility index (Phi) is 4.56. The van der Waals surface area contributed by atoms with Crippen molar-refractivity contribution in [1.29, 1.82) is 0 Å². The van der Waals surface area contributed by atoms with Gasteiger partial charge in [-0.3, -0.25) is 0 Å². The third-order valence-electron chi connectivity index (χ3n) is 7.13. The molecule has 0 atom stereocenters. The monoisotopic (exact) mass is 524 g/mol. The predicted octanol–water partition coefficient (Wildman–Crippen LogP) is 6.32. The van der Waals surface area contributed by atoms with Gasteiger partial charge in [0.1, 0.15) is 11.6 Å². The molecule has 0 bridgehead atoms. The van der Waals surface area contributed by atoms with Gasteiger partial charge in [-0.15, -0.1) is 0 Å². The van der Waals surface area contributed by atoms with Gasteiger partial charge < -0.3 is 4.74 Å². The third kappa shape index (κ3) is 2.62. The molecule has 186 valence electrons. The molecule has 0 saturated heterocycles. The molecule has 0 amide bonds. The molecule has 1 heterocycles. The van der Waals surface area contributed by atoms with Crippen LogP contribution in [-0.4, -0.2) is 6.71 Å². The summed E-state index contributed by atoms with van der Waals surface area (Å²) in [4.78, 5) is 0. The molecule has 0 aromatic heterocycles. The summed E-state index contributed by atoms with van der Waals surface area (Å²) in [6.45, 7) is -1.18. The zero-order valence-corrected chi connectivity index (χ0v) is 18.7. The fourth-order valence-electron chi connectivity index (χ4n) is 5.60. The maximum atomic E-state index is 16.6. The average Bonchev–Trinajstić information content (AvgIpc) is 3.07. The Labute approximate surface area is 208 Å². The molecular formula is C28H9BF8O. The van der Waals surface area contributed by atoms with Crippen molar-refractivity contribution in [2.45, 2.75) is 0 Å². The van der Waals surface area contributed by atoms with E-state index in [-0.39, 0.29) is 11.2 Å². The number of halogens is 8. The molecule has 10 heteroatoms. The third-order valence-corrected chi connectivity index (χ3v) is 7.13. The van der Waals surface area contributed by atoms with Gasteiger partial charge in [-0.1, -0.05) is 54.0 Å². The van der Waals surface area contributed by atoms with Gasteiger partial charge in [0.2, 0.25) is 5.82 Å². The van der Waals surface area contributed by atoms with Crippen LogP contribution in [0, 0.1) is 46.5 Å². The maximum Gasteiger partial charge on any atom is 0.250 e. The van der Waals surface area contributed by atoms with Crippen LogP contribution in [-0.2, 0) is 0 Å². The van der Waals surface area contributed by atoms with Gasteiger partial charge in [0.15, 0.2) is 40.7 Å². The van der Waals surface area contributed by atoms with Crippen molar-refractivity contribution in [2.75, 3.05) is 0 Å². The Morgan fingerprint density at radius 2 is 0.947 bits per heavy atom. The molecule has 1 aliphatic rings. The molecule has 0 radical (unpaired) electrons. The number of benzene rings is 6. The van der Waals surface area contributed by atoms with Crippen molar-refractivity contribution in [3.63, 3.8) is 0 Å². The van der Waals surface area contributed by atoms with E-state index in [1.165, 1.54) is 18.2 Å². The van der Waals surface area contributed by atoms with E-state index in [0.717, 1.165) is 0 Å². The minimum Gasteiger partial charge on any atom is -0.454 e. The molecule has 38 heavy (non-hydrogen) atoms. The largest absolute Gasteiger partial charge is 0.454 e. The summed E-state index contributed by atoms with van der Waals surface area (Å²) in [6, 6.07) is 14.1. The second kappa shape index (κ2) is 7.60. The highest BCUT2D eigenvalue weighted by Gasteiger charge is 2.41. The van der Waals surface area contributed by atoms with Crippen molar-refractivity contribution >= 4 is 55.4 Å². The van der Waals surface area contributed by atoms with E-state index in [1.807, 2.05) is 0 Å². The van der Waals surface area contributed by atoms with Crippen LogP contribution in [0.2, 0.25) is 0 Å². The summed E-state index contributed by atoms with van der Waals surface area (Å²) in [5.74, 6) is -16.6. The molecule has 6 aromatic carbocycles.